The van der Waals surface area contributed by atoms with Gasteiger partial charge in [-0.25, -0.2) is 10.2 Å². The molecule has 0 atom stereocenters. The Morgan fingerprint density at radius 3 is 2.95 bits per heavy atom. The summed E-state index contributed by atoms with van der Waals surface area (Å²) in [6, 6.07) is 7.65. The quantitative estimate of drug-likeness (QED) is 0.513. The SMILES string of the molecule is Cc1sc(C(=O)NN)cc1COc1cccc(F)c1. The normalized spacial score (nSPS) is 10.3. The summed E-state index contributed by atoms with van der Waals surface area (Å²) < 4.78 is 18.5. The highest BCUT2D eigenvalue weighted by molar-refractivity contribution is 7.14. The summed E-state index contributed by atoms with van der Waals surface area (Å²) in [5.74, 6) is 4.86. The second kappa shape index (κ2) is 5.81. The Kier molecular flexibility index (Phi) is 4.13. The number of hydrazine groups is 1. The monoisotopic (exact) mass is 280 g/mol. The molecule has 0 fully saturated rings. The minimum absolute atomic E-state index is 0.281. The van der Waals surface area contributed by atoms with Crippen molar-refractivity contribution >= 4 is 17.2 Å². The number of benzene rings is 1. The van der Waals surface area contributed by atoms with E-state index in [9.17, 15) is 9.18 Å². The van der Waals surface area contributed by atoms with Crippen LogP contribution in [0.2, 0.25) is 0 Å². The lowest BCUT2D eigenvalue weighted by atomic mass is 10.2. The van der Waals surface area contributed by atoms with E-state index < -0.39 is 0 Å². The van der Waals surface area contributed by atoms with Gasteiger partial charge in [-0.15, -0.1) is 11.3 Å². The van der Waals surface area contributed by atoms with Crippen molar-refractivity contribution in [1.29, 1.82) is 0 Å². The molecule has 1 aromatic carbocycles. The minimum Gasteiger partial charge on any atom is -0.489 e. The maximum atomic E-state index is 13.0. The molecule has 1 aromatic heterocycles. The van der Waals surface area contributed by atoms with Crippen molar-refractivity contribution in [3.05, 3.63) is 51.5 Å². The molecule has 0 aliphatic rings. The molecule has 0 saturated heterocycles. The van der Waals surface area contributed by atoms with E-state index in [1.54, 1.807) is 18.2 Å². The summed E-state index contributed by atoms with van der Waals surface area (Å²) in [6.45, 7) is 2.17. The number of thiophene rings is 1. The predicted octanol–water partition coefficient (Wildman–Crippen LogP) is 2.38. The zero-order valence-electron chi connectivity index (χ0n) is 10.3. The smallest absolute Gasteiger partial charge is 0.275 e. The number of halogens is 1. The molecular weight excluding hydrogens is 267 g/mol. The number of hydrogen-bond acceptors (Lipinski definition) is 4. The van der Waals surface area contributed by atoms with Crippen molar-refractivity contribution < 1.29 is 13.9 Å². The molecule has 1 amide bonds. The third-order valence-electron chi connectivity index (χ3n) is 2.57. The molecule has 0 radical (unpaired) electrons. The first-order chi connectivity index (χ1) is 9.10. The van der Waals surface area contributed by atoms with Gasteiger partial charge in [0.1, 0.15) is 18.2 Å². The van der Waals surface area contributed by atoms with Crippen LogP contribution in [0.4, 0.5) is 4.39 Å². The number of nitrogen functional groups attached to an aromatic ring is 1. The van der Waals surface area contributed by atoms with Gasteiger partial charge < -0.3 is 4.74 Å². The summed E-state index contributed by atoms with van der Waals surface area (Å²) >= 11 is 1.34. The third-order valence-corrected chi connectivity index (χ3v) is 3.66. The van der Waals surface area contributed by atoms with E-state index >= 15 is 0 Å². The van der Waals surface area contributed by atoms with Gasteiger partial charge in [0.2, 0.25) is 0 Å². The van der Waals surface area contributed by atoms with Gasteiger partial charge in [0.15, 0.2) is 0 Å². The average Bonchev–Trinajstić information content (AvgIpc) is 2.77. The van der Waals surface area contributed by atoms with E-state index in [-0.39, 0.29) is 18.3 Å². The molecule has 1 heterocycles. The zero-order valence-corrected chi connectivity index (χ0v) is 11.1. The van der Waals surface area contributed by atoms with E-state index in [1.165, 1.54) is 23.5 Å². The number of aryl methyl sites for hydroxylation is 1. The molecule has 6 heteroatoms. The average molecular weight is 280 g/mol. The van der Waals surface area contributed by atoms with Crippen LogP contribution < -0.4 is 16.0 Å². The molecule has 0 unspecified atom stereocenters. The van der Waals surface area contributed by atoms with Crippen LogP contribution in [-0.2, 0) is 6.61 Å². The Bertz CT molecular complexity index is 598. The Hall–Kier alpha value is -1.92. The van der Waals surface area contributed by atoms with Crippen LogP contribution in [0.5, 0.6) is 5.75 Å². The van der Waals surface area contributed by atoms with Crippen molar-refractivity contribution in [2.75, 3.05) is 0 Å². The van der Waals surface area contributed by atoms with E-state index in [1.807, 2.05) is 6.92 Å². The maximum Gasteiger partial charge on any atom is 0.275 e. The zero-order chi connectivity index (χ0) is 13.8. The van der Waals surface area contributed by atoms with Crippen LogP contribution >= 0.6 is 11.3 Å². The molecule has 100 valence electrons. The van der Waals surface area contributed by atoms with Crippen LogP contribution in [-0.4, -0.2) is 5.91 Å². The number of nitrogens with two attached hydrogens (primary N) is 1. The first-order valence-electron chi connectivity index (χ1n) is 5.59. The van der Waals surface area contributed by atoms with Crippen molar-refractivity contribution in [3.63, 3.8) is 0 Å². The minimum atomic E-state index is -0.345. The summed E-state index contributed by atoms with van der Waals surface area (Å²) in [4.78, 5) is 12.9. The van der Waals surface area contributed by atoms with Gasteiger partial charge in [-0.3, -0.25) is 10.2 Å². The fourth-order valence-corrected chi connectivity index (χ4v) is 2.50. The molecule has 0 aliphatic heterocycles. The van der Waals surface area contributed by atoms with Gasteiger partial charge in [0, 0.05) is 16.5 Å². The van der Waals surface area contributed by atoms with E-state index in [0.717, 1.165) is 10.4 Å². The molecule has 0 aliphatic carbocycles. The fourth-order valence-electron chi connectivity index (χ4n) is 1.56. The Labute approximate surface area is 114 Å². The van der Waals surface area contributed by atoms with Crippen LogP contribution in [0.3, 0.4) is 0 Å². The first-order valence-corrected chi connectivity index (χ1v) is 6.40. The second-order valence-electron chi connectivity index (χ2n) is 3.91. The van der Waals surface area contributed by atoms with Gasteiger partial charge in [-0.05, 0) is 25.1 Å². The highest BCUT2D eigenvalue weighted by atomic mass is 32.1. The third kappa shape index (κ3) is 3.30. The lowest BCUT2D eigenvalue weighted by molar-refractivity contribution is 0.0957. The highest BCUT2D eigenvalue weighted by Gasteiger charge is 2.11. The number of hydrogen-bond donors (Lipinski definition) is 2. The second-order valence-corrected chi connectivity index (χ2v) is 5.17. The number of amides is 1. The first kappa shape index (κ1) is 13.5. The van der Waals surface area contributed by atoms with Crippen molar-refractivity contribution in [3.8, 4) is 5.75 Å². The summed E-state index contributed by atoms with van der Waals surface area (Å²) in [7, 11) is 0. The number of carbonyl (C=O) groups excluding carboxylic acids is 1. The summed E-state index contributed by atoms with van der Waals surface area (Å²) in [5, 5.41) is 0. The summed E-state index contributed by atoms with van der Waals surface area (Å²) in [6.07, 6.45) is 0. The van der Waals surface area contributed by atoms with Gasteiger partial charge in [0.05, 0.1) is 4.88 Å². The Morgan fingerprint density at radius 2 is 2.26 bits per heavy atom. The number of nitrogens with one attached hydrogen (secondary N) is 1. The molecule has 4 nitrogen and oxygen atoms in total. The van der Waals surface area contributed by atoms with Crippen molar-refractivity contribution in [2.24, 2.45) is 5.84 Å². The Balaban J connectivity index is 2.07. The maximum absolute atomic E-state index is 13.0. The number of rotatable bonds is 4. The van der Waals surface area contributed by atoms with E-state index in [0.29, 0.717) is 10.6 Å². The van der Waals surface area contributed by atoms with Crippen LogP contribution in [0, 0.1) is 12.7 Å². The summed E-state index contributed by atoms with van der Waals surface area (Å²) in [5.41, 5.74) is 2.97. The number of carbonyl (C=O) groups is 1. The van der Waals surface area contributed by atoms with E-state index in [2.05, 4.69) is 5.43 Å². The lowest BCUT2D eigenvalue weighted by Gasteiger charge is -2.05. The molecule has 3 N–H and O–H groups in total. The van der Waals surface area contributed by atoms with E-state index in [4.69, 9.17) is 10.6 Å². The molecule has 0 bridgehead atoms. The van der Waals surface area contributed by atoms with Crippen LogP contribution in [0.25, 0.3) is 0 Å². The fraction of sp³-hybridized carbons (Fsp3) is 0.154. The molecule has 2 rings (SSSR count). The topological polar surface area (TPSA) is 64.4 Å². The van der Waals surface area contributed by atoms with Gasteiger partial charge in [0.25, 0.3) is 5.91 Å². The number of ether oxygens (including phenoxy) is 1. The van der Waals surface area contributed by atoms with Gasteiger partial charge >= 0.3 is 0 Å². The standard InChI is InChI=1S/C13H13FN2O2S/c1-8-9(5-12(19-8)13(17)16-15)7-18-11-4-2-3-10(14)6-11/h2-6H,7,15H2,1H3,(H,16,17). The molecular formula is C13H13FN2O2S. The highest BCUT2D eigenvalue weighted by Crippen LogP contribution is 2.23. The molecule has 19 heavy (non-hydrogen) atoms. The molecule has 2 aromatic rings. The molecule has 0 saturated carbocycles. The van der Waals surface area contributed by atoms with Crippen LogP contribution in [0.15, 0.2) is 30.3 Å². The van der Waals surface area contributed by atoms with Crippen LogP contribution in [0.1, 0.15) is 20.1 Å². The van der Waals surface area contributed by atoms with Crippen molar-refractivity contribution in [1.82, 2.24) is 5.43 Å². The van der Waals surface area contributed by atoms with Gasteiger partial charge in [-0.2, -0.15) is 0 Å². The molecule has 0 spiro atoms. The van der Waals surface area contributed by atoms with Gasteiger partial charge in [-0.1, -0.05) is 6.07 Å². The largest absolute Gasteiger partial charge is 0.489 e. The Morgan fingerprint density at radius 1 is 1.47 bits per heavy atom. The van der Waals surface area contributed by atoms with Crippen molar-refractivity contribution in [2.45, 2.75) is 13.5 Å². The predicted molar refractivity (Wildman–Crippen MR) is 71.4 cm³/mol. The lowest BCUT2D eigenvalue weighted by Crippen LogP contribution is -2.29.